The first-order chi connectivity index (χ1) is 12.1. The van der Waals surface area contributed by atoms with Crippen LogP contribution < -0.4 is 19.6 Å². The number of halogens is 1. The van der Waals surface area contributed by atoms with Crippen LogP contribution in [0.15, 0.2) is 47.6 Å². The summed E-state index contributed by atoms with van der Waals surface area (Å²) in [5.41, 5.74) is 3.22. The van der Waals surface area contributed by atoms with Crippen molar-refractivity contribution in [3.05, 3.63) is 51.6 Å². The third kappa shape index (κ3) is 5.93. The Bertz CT molecular complexity index is 735. The molecule has 0 heterocycles. The van der Waals surface area contributed by atoms with Crippen molar-refractivity contribution >= 4 is 34.7 Å². The molecule has 2 rings (SSSR count). The monoisotopic (exact) mass is 454 g/mol. The predicted octanol–water partition coefficient (Wildman–Crippen LogP) is 3.23. The maximum absolute atomic E-state index is 11.7. The topological polar surface area (TPSA) is 69.2 Å². The van der Waals surface area contributed by atoms with Gasteiger partial charge in [-0.05, 0) is 59.3 Å². The van der Waals surface area contributed by atoms with Crippen molar-refractivity contribution in [2.75, 3.05) is 20.3 Å². The van der Waals surface area contributed by atoms with Gasteiger partial charge in [0.05, 0.1) is 23.5 Å². The van der Waals surface area contributed by atoms with Gasteiger partial charge in [0.25, 0.3) is 5.91 Å². The van der Waals surface area contributed by atoms with E-state index in [-0.39, 0.29) is 12.5 Å². The quantitative estimate of drug-likeness (QED) is 0.378. The van der Waals surface area contributed by atoms with Gasteiger partial charge in [0, 0.05) is 0 Å². The number of hydrazone groups is 1. The standard InChI is InChI=1S/C18H19IN2O4/c1-3-24-18-15(19)9-13(10-16(18)23-2)11-20-21-17(22)12-25-14-7-5-4-6-8-14/h4-11H,3,12H2,1-2H3,(H,21,22)/b20-11-. The molecule has 0 radical (unpaired) electrons. The molecule has 0 bridgehead atoms. The van der Waals surface area contributed by atoms with E-state index in [0.717, 1.165) is 9.13 Å². The highest BCUT2D eigenvalue weighted by molar-refractivity contribution is 14.1. The number of nitrogens with one attached hydrogen (secondary N) is 1. The van der Waals surface area contributed by atoms with Gasteiger partial charge in [0.15, 0.2) is 18.1 Å². The van der Waals surface area contributed by atoms with Crippen LogP contribution in [0, 0.1) is 3.57 Å². The lowest BCUT2D eigenvalue weighted by Gasteiger charge is -2.12. The minimum Gasteiger partial charge on any atom is -0.493 e. The Morgan fingerprint density at radius 1 is 1.24 bits per heavy atom. The van der Waals surface area contributed by atoms with E-state index in [2.05, 4.69) is 33.1 Å². The number of rotatable bonds is 8. The van der Waals surface area contributed by atoms with Crippen LogP contribution in [-0.2, 0) is 4.79 Å². The molecule has 0 atom stereocenters. The van der Waals surface area contributed by atoms with Crippen LogP contribution in [0.1, 0.15) is 12.5 Å². The molecule has 2 aromatic rings. The molecule has 0 aliphatic rings. The number of amides is 1. The molecule has 25 heavy (non-hydrogen) atoms. The van der Waals surface area contributed by atoms with E-state index < -0.39 is 0 Å². The number of para-hydroxylation sites is 1. The average Bonchev–Trinajstić information content (AvgIpc) is 2.63. The number of nitrogens with zero attached hydrogens (tertiary/aromatic N) is 1. The first kappa shape index (κ1) is 19.0. The zero-order chi connectivity index (χ0) is 18.1. The van der Waals surface area contributed by atoms with Gasteiger partial charge in [0.2, 0.25) is 0 Å². The molecular formula is C18H19IN2O4. The SMILES string of the molecule is CCOc1c(I)cc(/C=N\NC(=O)COc2ccccc2)cc1OC. The van der Waals surface area contributed by atoms with E-state index in [1.165, 1.54) is 0 Å². The summed E-state index contributed by atoms with van der Waals surface area (Å²) in [5.74, 6) is 1.61. The van der Waals surface area contributed by atoms with Gasteiger partial charge in [-0.3, -0.25) is 4.79 Å². The van der Waals surface area contributed by atoms with Crippen molar-refractivity contribution in [2.24, 2.45) is 5.10 Å². The zero-order valence-electron chi connectivity index (χ0n) is 14.0. The molecule has 0 spiro atoms. The van der Waals surface area contributed by atoms with Crippen LogP contribution in [0.3, 0.4) is 0 Å². The fourth-order valence-electron chi connectivity index (χ4n) is 1.98. The smallest absolute Gasteiger partial charge is 0.277 e. The number of carbonyl (C=O) groups excluding carboxylic acids is 1. The van der Waals surface area contributed by atoms with Gasteiger partial charge in [-0.2, -0.15) is 5.10 Å². The minimum absolute atomic E-state index is 0.106. The molecule has 0 fully saturated rings. The van der Waals surface area contributed by atoms with E-state index >= 15 is 0 Å². The van der Waals surface area contributed by atoms with Gasteiger partial charge in [0.1, 0.15) is 5.75 Å². The first-order valence-electron chi connectivity index (χ1n) is 7.64. The Morgan fingerprint density at radius 2 is 2.00 bits per heavy atom. The van der Waals surface area contributed by atoms with Crippen LogP contribution in [0.4, 0.5) is 0 Å². The van der Waals surface area contributed by atoms with Crippen molar-refractivity contribution in [2.45, 2.75) is 6.92 Å². The Kier molecular flexibility index (Phi) is 7.52. The highest BCUT2D eigenvalue weighted by Crippen LogP contribution is 2.33. The zero-order valence-corrected chi connectivity index (χ0v) is 16.1. The van der Waals surface area contributed by atoms with Gasteiger partial charge < -0.3 is 14.2 Å². The van der Waals surface area contributed by atoms with Gasteiger partial charge >= 0.3 is 0 Å². The third-order valence-electron chi connectivity index (χ3n) is 3.06. The molecule has 1 amide bonds. The van der Waals surface area contributed by atoms with E-state index in [4.69, 9.17) is 14.2 Å². The van der Waals surface area contributed by atoms with Crippen molar-refractivity contribution in [1.29, 1.82) is 0 Å². The fourth-order valence-corrected chi connectivity index (χ4v) is 2.76. The highest BCUT2D eigenvalue weighted by atomic mass is 127. The average molecular weight is 454 g/mol. The summed E-state index contributed by atoms with van der Waals surface area (Å²) >= 11 is 2.17. The van der Waals surface area contributed by atoms with Crippen LogP contribution in [0.5, 0.6) is 17.2 Å². The number of ether oxygens (including phenoxy) is 3. The number of benzene rings is 2. The highest BCUT2D eigenvalue weighted by Gasteiger charge is 2.10. The molecule has 6 nitrogen and oxygen atoms in total. The van der Waals surface area contributed by atoms with Crippen LogP contribution in [-0.4, -0.2) is 32.4 Å². The van der Waals surface area contributed by atoms with Gasteiger partial charge in [-0.25, -0.2) is 5.43 Å². The maximum Gasteiger partial charge on any atom is 0.277 e. The molecule has 2 aromatic carbocycles. The van der Waals surface area contributed by atoms with Crippen molar-refractivity contribution < 1.29 is 19.0 Å². The number of hydrogen-bond acceptors (Lipinski definition) is 5. The van der Waals surface area contributed by atoms with Gasteiger partial charge in [-0.1, -0.05) is 18.2 Å². The molecule has 0 aliphatic carbocycles. The summed E-state index contributed by atoms with van der Waals surface area (Å²) in [6.07, 6.45) is 1.54. The Labute approximate surface area is 160 Å². The normalized spacial score (nSPS) is 10.5. The molecule has 0 unspecified atom stereocenters. The molecule has 0 saturated carbocycles. The number of methoxy groups -OCH3 is 1. The summed E-state index contributed by atoms with van der Waals surface area (Å²) in [6.45, 7) is 2.36. The molecule has 132 valence electrons. The first-order valence-corrected chi connectivity index (χ1v) is 8.72. The summed E-state index contributed by atoms with van der Waals surface area (Å²) in [5, 5.41) is 3.94. The van der Waals surface area contributed by atoms with Crippen LogP contribution in [0.25, 0.3) is 0 Å². The van der Waals surface area contributed by atoms with E-state index in [9.17, 15) is 4.79 Å². The Hall–Kier alpha value is -2.29. The second-order valence-electron chi connectivity index (χ2n) is 4.86. The van der Waals surface area contributed by atoms with Crippen molar-refractivity contribution in [3.8, 4) is 17.2 Å². The summed E-state index contributed by atoms with van der Waals surface area (Å²) in [7, 11) is 1.58. The molecule has 0 aliphatic heterocycles. The second-order valence-corrected chi connectivity index (χ2v) is 6.02. The number of hydrogen-bond donors (Lipinski definition) is 1. The second kappa shape index (κ2) is 9.87. The minimum atomic E-state index is -0.340. The molecular weight excluding hydrogens is 435 g/mol. The maximum atomic E-state index is 11.7. The lowest BCUT2D eigenvalue weighted by Crippen LogP contribution is -2.24. The van der Waals surface area contributed by atoms with E-state index in [1.54, 1.807) is 31.5 Å². The van der Waals surface area contributed by atoms with Crippen LogP contribution in [0.2, 0.25) is 0 Å². The number of carbonyl (C=O) groups is 1. The molecule has 0 aromatic heterocycles. The summed E-state index contributed by atoms with van der Waals surface area (Å²) < 4.78 is 17.1. The predicted molar refractivity (Wildman–Crippen MR) is 105 cm³/mol. The largest absolute Gasteiger partial charge is 0.493 e. The summed E-state index contributed by atoms with van der Waals surface area (Å²) in [4.78, 5) is 11.7. The fraction of sp³-hybridized carbons (Fsp3) is 0.222. The van der Waals surface area contributed by atoms with E-state index in [0.29, 0.717) is 23.9 Å². The lowest BCUT2D eigenvalue weighted by molar-refractivity contribution is -0.123. The van der Waals surface area contributed by atoms with Gasteiger partial charge in [-0.15, -0.1) is 0 Å². The molecule has 7 heteroatoms. The van der Waals surface area contributed by atoms with E-state index in [1.807, 2.05) is 31.2 Å². The molecule has 0 saturated heterocycles. The lowest BCUT2D eigenvalue weighted by atomic mass is 10.2. The van der Waals surface area contributed by atoms with Crippen LogP contribution >= 0.6 is 22.6 Å². The van der Waals surface area contributed by atoms with Crippen molar-refractivity contribution in [1.82, 2.24) is 5.43 Å². The molecule has 1 N–H and O–H groups in total. The third-order valence-corrected chi connectivity index (χ3v) is 3.86. The summed E-state index contributed by atoms with van der Waals surface area (Å²) in [6, 6.07) is 12.8. The Balaban J connectivity index is 1.92. The Morgan fingerprint density at radius 3 is 2.68 bits per heavy atom. The van der Waals surface area contributed by atoms with Crippen molar-refractivity contribution in [3.63, 3.8) is 0 Å².